The van der Waals surface area contributed by atoms with Crippen LogP contribution in [-0.4, -0.2) is 24.0 Å². The zero-order chi connectivity index (χ0) is 13.1. The smallest absolute Gasteiger partial charge is 0.122 e. The minimum absolute atomic E-state index is 0.765. The van der Waals surface area contributed by atoms with E-state index >= 15 is 0 Å². The van der Waals surface area contributed by atoms with Crippen molar-refractivity contribution in [1.82, 2.24) is 10.2 Å². The third-order valence-electron chi connectivity index (χ3n) is 4.12. The van der Waals surface area contributed by atoms with Gasteiger partial charge in [0.1, 0.15) is 5.76 Å². The number of rotatable bonds is 9. The molecule has 0 saturated heterocycles. The van der Waals surface area contributed by atoms with Gasteiger partial charge in [0.15, 0.2) is 0 Å². The highest BCUT2D eigenvalue weighted by molar-refractivity contribution is 5.17. The summed E-state index contributed by atoms with van der Waals surface area (Å²) in [5.74, 6) is 2.12. The number of nitrogens with zero attached hydrogens (tertiary/aromatic N) is 1. The van der Waals surface area contributed by atoms with Gasteiger partial charge in [-0.25, -0.2) is 0 Å². The lowest BCUT2D eigenvalue weighted by Crippen LogP contribution is -2.27. The molecule has 0 atom stereocenters. The molecule has 3 heteroatoms. The van der Waals surface area contributed by atoms with E-state index in [0.717, 1.165) is 25.0 Å². The molecule has 3 nitrogen and oxygen atoms in total. The summed E-state index contributed by atoms with van der Waals surface area (Å²) in [6.07, 6.45) is 8.61. The van der Waals surface area contributed by atoms with Gasteiger partial charge in [0.25, 0.3) is 0 Å². The Morgan fingerprint density at radius 3 is 2.84 bits per heavy atom. The Morgan fingerprint density at radius 1 is 1.32 bits per heavy atom. The highest BCUT2D eigenvalue weighted by atomic mass is 16.3. The van der Waals surface area contributed by atoms with Gasteiger partial charge in [0.2, 0.25) is 0 Å². The molecule has 0 aromatic carbocycles. The summed E-state index contributed by atoms with van der Waals surface area (Å²) in [5, 5.41) is 3.58. The molecule has 106 valence electrons. The van der Waals surface area contributed by atoms with Crippen LogP contribution in [0.5, 0.6) is 0 Å². The monoisotopic (exact) mass is 262 g/mol. The summed E-state index contributed by atoms with van der Waals surface area (Å²) in [7, 11) is 0. The van der Waals surface area contributed by atoms with Gasteiger partial charge in [0.05, 0.1) is 12.8 Å². The average Bonchev–Trinajstić information content (AvgIpc) is 3.30. The zero-order valence-electron chi connectivity index (χ0n) is 12.0. The van der Waals surface area contributed by atoms with Gasteiger partial charge in [-0.05, 0) is 50.6 Å². The molecule has 2 aliphatic rings. The topological polar surface area (TPSA) is 28.4 Å². The van der Waals surface area contributed by atoms with E-state index in [1.165, 1.54) is 56.5 Å². The van der Waals surface area contributed by atoms with Crippen molar-refractivity contribution >= 4 is 0 Å². The van der Waals surface area contributed by atoms with Gasteiger partial charge in [0, 0.05) is 24.7 Å². The van der Waals surface area contributed by atoms with Crippen molar-refractivity contribution < 1.29 is 4.42 Å². The van der Waals surface area contributed by atoms with Crippen LogP contribution >= 0.6 is 0 Å². The van der Waals surface area contributed by atoms with E-state index in [1.54, 1.807) is 0 Å². The van der Waals surface area contributed by atoms with E-state index in [4.69, 9.17) is 4.42 Å². The first-order chi connectivity index (χ1) is 9.35. The fourth-order valence-electron chi connectivity index (χ4n) is 2.62. The lowest BCUT2D eigenvalue weighted by atomic mass is 10.2. The molecule has 1 aromatic rings. The molecule has 1 heterocycles. The second kappa shape index (κ2) is 6.10. The van der Waals surface area contributed by atoms with Gasteiger partial charge in [-0.3, -0.25) is 4.90 Å². The highest BCUT2D eigenvalue weighted by Crippen LogP contribution is 2.30. The third kappa shape index (κ3) is 4.08. The van der Waals surface area contributed by atoms with Crippen LogP contribution in [0.25, 0.3) is 0 Å². The van der Waals surface area contributed by atoms with Crippen LogP contribution in [0.4, 0.5) is 0 Å². The molecule has 0 aliphatic heterocycles. The summed E-state index contributed by atoms with van der Waals surface area (Å²) in [6.45, 7) is 6.66. The Kier molecular flexibility index (Phi) is 4.24. The predicted molar refractivity (Wildman–Crippen MR) is 76.9 cm³/mol. The Balaban J connectivity index is 1.54. The maximum absolute atomic E-state index is 5.71. The first-order valence-corrected chi connectivity index (χ1v) is 7.86. The third-order valence-corrected chi connectivity index (χ3v) is 4.12. The van der Waals surface area contributed by atoms with Gasteiger partial charge in [-0.2, -0.15) is 0 Å². The minimum atomic E-state index is 0.765. The van der Waals surface area contributed by atoms with Crippen molar-refractivity contribution in [3.05, 3.63) is 23.7 Å². The van der Waals surface area contributed by atoms with Crippen molar-refractivity contribution in [3.8, 4) is 0 Å². The Hall–Kier alpha value is -0.800. The van der Waals surface area contributed by atoms with Crippen LogP contribution in [-0.2, 0) is 13.1 Å². The molecule has 2 fully saturated rings. The maximum Gasteiger partial charge on any atom is 0.122 e. The van der Waals surface area contributed by atoms with Gasteiger partial charge in [-0.15, -0.1) is 0 Å². The van der Waals surface area contributed by atoms with Crippen LogP contribution in [0.1, 0.15) is 50.4 Å². The summed E-state index contributed by atoms with van der Waals surface area (Å²) in [5.41, 5.74) is 1.35. The van der Waals surface area contributed by atoms with E-state index in [9.17, 15) is 0 Å². The Labute approximate surface area is 116 Å². The van der Waals surface area contributed by atoms with Crippen molar-refractivity contribution in [2.45, 2.75) is 58.2 Å². The van der Waals surface area contributed by atoms with Crippen LogP contribution in [0.3, 0.4) is 0 Å². The summed E-state index contributed by atoms with van der Waals surface area (Å²) in [4.78, 5) is 2.57. The number of nitrogens with one attached hydrogen (secondary N) is 1. The van der Waals surface area contributed by atoms with Crippen LogP contribution < -0.4 is 5.32 Å². The van der Waals surface area contributed by atoms with Crippen LogP contribution in [0.15, 0.2) is 16.7 Å². The molecule has 0 unspecified atom stereocenters. The molecule has 19 heavy (non-hydrogen) atoms. The molecule has 1 aromatic heterocycles. The second-order valence-corrected chi connectivity index (χ2v) is 6.20. The molecule has 3 rings (SSSR count). The summed E-state index contributed by atoms with van der Waals surface area (Å²) in [6, 6.07) is 2.90. The highest BCUT2D eigenvalue weighted by Gasteiger charge is 2.25. The summed E-state index contributed by atoms with van der Waals surface area (Å²) >= 11 is 0. The Morgan fingerprint density at radius 2 is 2.16 bits per heavy atom. The number of hydrogen-bond donors (Lipinski definition) is 1. The molecule has 0 radical (unpaired) electrons. The van der Waals surface area contributed by atoms with E-state index in [2.05, 4.69) is 23.2 Å². The van der Waals surface area contributed by atoms with Crippen molar-refractivity contribution in [2.75, 3.05) is 13.1 Å². The SMILES string of the molecule is CCCN(Cc1occc1CNC1CC1)CC1CC1. The van der Waals surface area contributed by atoms with E-state index in [1.807, 2.05) is 6.26 Å². The Bertz CT molecular complexity index is 393. The molecule has 1 N–H and O–H groups in total. The quantitative estimate of drug-likeness (QED) is 0.741. The average molecular weight is 262 g/mol. The number of furan rings is 1. The van der Waals surface area contributed by atoms with E-state index in [-0.39, 0.29) is 0 Å². The van der Waals surface area contributed by atoms with Crippen molar-refractivity contribution in [1.29, 1.82) is 0 Å². The second-order valence-electron chi connectivity index (χ2n) is 6.20. The van der Waals surface area contributed by atoms with Gasteiger partial charge in [-0.1, -0.05) is 6.92 Å². The van der Waals surface area contributed by atoms with Gasteiger partial charge < -0.3 is 9.73 Å². The minimum Gasteiger partial charge on any atom is -0.468 e. The molecule has 2 saturated carbocycles. The molecule has 0 amide bonds. The van der Waals surface area contributed by atoms with Gasteiger partial charge >= 0.3 is 0 Å². The molecule has 2 aliphatic carbocycles. The van der Waals surface area contributed by atoms with Crippen molar-refractivity contribution in [3.63, 3.8) is 0 Å². The molecular formula is C16H26N2O. The lowest BCUT2D eigenvalue weighted by Gasteiger charge is -2.21. The standard InChI is InChI=1S/C16H26N2O/c1-2-8-18(11-13-3-4-13)12-16-14(7-9-19-16)10-17-15-5-6-15/h7,9,13,15,17H,2-6,8,10-12H2,1H3. The lowest BCUT2D eigenvalue weighted by molar-refractivity contribution is 0.233. The van der Waals surface area contributed by atoms with E-state index in [0.29, 0.717) is 0 Å². The summed E-state index contributed by atoms with van der Waals surface area (Å²) < 4.78 is 5.71. The fourth-order valence-corrected chi connectivity index (χ4v) is 2.62. The zero-order valence-corrected chi connectivity index (χ0v) is 12.0. The molecule has 0 bridgehead atoms. The first kappa shape index (κ1) is 13.2. The fraction of sp³-hybridized carbons (Fsp3) is 0.750. The molecular weight excluding hydrogens is 236 g/mol. The van der Waals surface area contributed by atoms with Crippen LogP contribution in [0.2, 0.25) is 0 Å². The molecule has 0 spiro atoms. The predicted octanol–water partition coefficient (Wildman–Crippen LogP) is 3.15. The first-order valence-electron chi connectivity index (χ1n) is 7.86. The largest absolute Gasteiger partial charge is 0.468 e. The maximum atomic E-state index is 5.71. The normalized spacial score (nSPS) is 19.3. The van der Waals surface area contributed by atoms with Crippen molar-refractivity contribution in [2.24, 2.45) is 5.92 Å². The van der Waals surface area contributed by atoms with Crippen LogP contribution in [0, 0.1) is 5.92 Å². The number of hydrogen-bond acceptors (Lipinski definition) is 3. The van der Waals surface area contributed by atoms with E-state index < -0.39 is 0 Å².